The molecule has 2 aliphatic rings. The first kappa shape index (κ1) is 15.2. The van der Waals surface area contributed by atoms with E-state index in [0.717, 1.165) is 18.3 Å². The molecule has 0 aromatic carbocycles. The fourth-order valence-electron chi connectivity index (χ4n) is 2.71. The van der Waals surface area contributed by atoms with Gasteiger partial charge in [-0.05, 0) is 12.1 Å². The molecule has 0 N–H and O–H groups in total. The van der Waals surface area contributed by atoms with E-state index in [1.165, 1.54) is 0 Å². The second kappa shape index (κ2) is 5.51. The van der Waals surface area contributed by atoms with E-state index in [0.29, 0.717) is 39.1 Å². The highest BCUT2D eigenvalue weighted by Gasteiger charge is 2.41. The maximum absolute atomic E-state index is 12.5. The van der Waals surface area contributed by atoms with Gasteiger partial charge in [0.1, 0.15) is 5.69 Å². The quantitative estimate of drug-likeness (QED) is 0.796. The highest BCUT2D eigenvalue weighted by molar-refractivity contribution is 5.94. The molecule has 2 fully saturated rings. The van der Waals surface area contributed by atoms with Gasteiger partial charge in [0.15, 0.2) is 5.79 Å². The number of aromatic nitrogens is 1. The average molecular weight is 316 g/mol. The van der Waals surface area contributed by atoms with Gasteiger partial charge in [0.05, 0.1) is 18.8 Å². The Morgan fingerprint density at radius 2 is 1.82 bits per heavy atom. The molecule has 0 atom stereocenters. The van der Waals surface area contributed by atoms with Crippen molar-refractivity contribution in [3.8, 4) is 0 Å². The summed E-state index contributed by atoms with van der Waals surface area (Å²) < 4.78 is 48.5. The van der Waals surface area contributed by atoms with E-state index in [9.17, 15) is 18.0 Å². The third-order valence-electron chi connectivity index (χ3n) is 3.93. The maximum atomic E-state index is 12.5. The predicted molar refractivity (Wildman–Crippen MR) is 69.0 cm³/mol. The summed E-state index contributed by atoms with van der Waals surface area (Å²) in [7, 11) is 0. The van der Waals surface area contributed by atoms with Gasteiger partial charge in [0.2, 0.25) is 0 Å². The molecule has 1 aromatic rings. The topological polar surface area (TPSA) is 51.7 Å². The number of nitrogens with zero attached hydrogens (tertiary/aromatic N) is 2. The van der Waals surface area contributed by atoms with Crippen LogP contribution < -0.4 is 0 Å². The fraction of sp³-hybridized carbons (Fsp3) is 0.571. The number of likely N-dealkylation sites (tertiary alicyclic amines) is 1. The van der Waals surface area contributed by atoms with Gasteiger partial charge in [0, 0.05) is 32.1 Å². The maximum Gasteiger partial charge on any atom is 0.433 e. The standard InChI is InChI=1S/C14H15F3N2O3/c15-14(16,17)11-2-1-10(9-18-11)12(20)19-5-3-13(4-6-19)21-7-8-22-13/h1-2,9H,3-8H2. The highest BCUT2D eigenvalue weighted by atomic mass is 19.4. The van der Waals surface area contributed by atoms with Gasteiger partial charge in [-0.3, -0.25) is 9.78 Å². The lowest BCUT2D eigenvalue weighted by Gasteiger charge is -2.37. The Labute approximate surface area is 125 Å². The molecule has 2 aliphatic heterocycles. The van der Waals surface area contributed by atoms with Crippen molar-refractivity contribution in [2.75, 3.05) is 26.3 Å². The van der Waals surface area contributed by atoms with E-state index in [1.54, 1.807) is 4.90 Å². The lowest BCUT2D eigenvalue weighted by molar-refractivity contribution is -0.181. The molecule has 3 rings (SSSR count). The molecule has 0 bridgehead atoms. The van der Waals surface area contributed by atoms with Crippen LogP contribution in [0.4, 0.5) is 13.2 Å². The lowest BCUT2D eigenvalue weighted by Crippen LogP contribution is -2.47. The third kappa shape index (κ3) is 2.93. The molecular weight excluding hydrogens is 301 g/mol. The Morgan fingerprint density at radius 3 is 2.32 bits per heavy atom. The van der Waals surface area contributed by atoms with E-state index < -0.39 is 17.7 Å². The molecule has 1 amide bonds. The summed E-state index contributed by atoms with van der Waals surface area (Å²) in [6.45, 7) is 1.99. The summed E-state index contributed by atoms with van der Waals surface area (Å²) in [5, 5.41) is 0. The van der Waals surface area contributed by atoms with Crippen molar-refractivity contribution in [3.63, 3.8) is 0 Å². The molecule has 1 aromatic heterocycles. The summed E-state index contributed by atoms with van der Waals surface area (Å²) in [6, 6.07) is 1.98. The molecule has 8 heteroatoms. The van der Waals surface area contributed by atoms with Crippen molar-refractivity contribution in [2.24, 2.45) is 0 Å². The normalized spacial score (nSPS) is 21.3. The van der Waals surface area contributed by atoms with Gasteiger partial charge in [-0.2, -0.15) is 13.2 Å². The fourth-order valence-corrected chi connectivity index (χ4v) is 2.71. The zero-order valence-corrected chi connectivity index (χ0v) is 11.7. The van der Waals surface area contributed by atoms with Crippen molar-refractivity contribution in [2.45, 2.75) is 24.8 Å². The van der Waals surface area contributed by atoms with E-state index in [-0.39, 0.29) is 11.5 Å². The van der Waals surface area contributed by atoms with Crippen LogP contribution in [-0.4, -0.2) is 47.9 Å². The van der Waals surface area contributed by atoms with Crippen LogP contribution >= 0.6 is 0 Å². The Kier molecular flexibility index (Phi) is 3.82. The first-order valence-electron chi connectivity index (χ1n) is 7.00. The number of piperidine rings is 1. The van der Waals surface area contributed by atoms with Gasteiger partial charge in [-0.1, -0.05) is 0 Å². The number of hydrogen-bond donors (Lipinski definition) is 0. The number of alkyl halides is 3. The molecule has 0 aliphatic carbocycles. The number of amides is 1. The minimum absolute atomic E-state index is 0.150. The van der Waals surface area contributed by atoms with Crippen molar-refractivity contribution in [3.05, 3.63) is 29.6 Å². The van der Waals surface area contributed by atoms with Gasteiger partial charge >= 0.3 is 6.18 Å². The smallest absolute Gasteiger partial charge is 0.347 e. The Morgan fingerprint density at radius 1 is 1.18 bits per heavy atom. The Bertz CT molecular complexity index is 543. The monoisotopic (exact) mass is 316 g/mol. The zero-order chi connectivity index (χ0) is 15.8. The van der Waals surface area contributed by atoms with Crippen LogP contribution in [0.2, 0.25) is 0 Å². The van der Waals surface area contributed by atoms with Crippen molar-refractivity contribution in [1.29, 1.82) is 0 Å². The second-order valence-corrected chi connectivity index (χ2v) is 5.33. The number of pyridine rings is 1. The third-order valence-corrected chi connectivity index (χ3v) is 3.93. The first-order valence-corrected chi connectivity index (χ1v) is 7.00. The van der Waals surface area contributed by atoms with Gasteiger partial charge < -0.3 is 14.4 Å². The zero-order valence-electron chi connectivity index (χ0n) is 11.7. The van der Waals surface area contributed by atoms with Crippen molar-refractivity contribution < 1.29 is 27.4 Å². The van der Waals surface area contributed by atoms with Crippen LogP contribution in [0.1, 0.15) is 28.9 Å². The molecule has 2 saturated heterocycles. The SMILES string of the molecule is O=C(c1ccc(C(F)(F)F)nc1)N1CCC2(CC1)OCCO2. The molecule has 120 valence electrons. The Balaban J connectivity index is 1.65. The van der Waals surface area contributed by atoms with Gasteiger partial charge in [-0.15, -0.1) is 0 Å². The molecule has 0 radical (unpaired) electrons. The highest BCUT2D eigenvalue weighted by Crippen LogP contribution is 2.32. The summed E-state index contributed by atoms with van der Waals surface area (Å²) >= 11 is 0. The van der Waals surface area contributed by atoms with E-state index >= 15 is 0 Å². The number of ether oxygens (including phenoxy) is 2. The molecule has 22 heavy (non-hydrogen) atoms. The summed E-state index contributed by atoms with van der Waals surface area (Å²) in [6.07, 6.45) is -2.41. The van der Waals surface area contributed by atoms with Crippen LogP contribution in [0.25, 0.3) is 0 Å². The lowest BCUT2D eigenvalue weighted by atomic mass is 10.0. The number of rotatable bonds is 1. The average Bonchev–Trinajstić information content (AvgIpc) is 2.95. The molecule has 0 saturated carbocycles. The van der Waals surface area contributed by atoms with E-state index in [1.807, 2.05) is 0 Å². The second-order valence-electron chi connectivity index (χ2n) is 5.33. The van der Waals surface area contributed by atoms with Gasteiger partial charge in [-0.25, -0.2) is 0 Å². The summed E-state index contributed by atoms with van der Waals surface area (Å²) in [5.41, 5.74) is -0.855. The number of halogens is 3. The van der Waals surface area contributed by atoms with Crippen LogP contribution in [0, 0.1) is 0 Å². The predicted octanol–water partition coefficient (Wildman–Crippen LogP) is 2.08. The van der Waals surface area contributed by atoms with Crippen LogP contribution in [0.3, 0.4) is 0 Å². The van der Waals surface area contributed by atoms with Crippen LogP contribution in [0.5, 0.6) is 0 Å². The van der Waals surface area contributed by atoms with Crippen molar-refractivity contribution in [1.82, 2.24) is 9.88 Å². The largest absolute Gasteiger partial charge is 0.433 e. The number of carbonyl (C=O) groups is 1. The molecule has 0 unspecified atom stereocenters. The van der Waals surface area contributed by atoms with Crippen LogP contribution in [0.15, 0.2) is 18.3 Å². The number of carbonyl (C=O) groups excluding carboxylic acids is 1. The van der Waals surface area contributed by atoms with Crippen LogP contribution in [-0.2, 0) is 15.7 Å². The first-order chi connectivity index (χ1) is 10.4. The van der Waals surface area contributed by atoms with Gasteiger partial charge in [0.25, 0.3) is 5.91 Å². The van der Waals surface area contributed by atoms with E-state index in [4.69, 9.17) is 9.47 Å². The minimum atomic E-state index is -4.50. The summed E-state index contributed by atoms with van der Waals surface area (Å²) in [4.78, 5) is 17.2. The molecular formula is C14H15F3N2O3. The Hall–Kier alpha value is -1.67. The molecule has 5 nitrogen and oxygen atoms in total. The summed E-state index contributed by atoms with van der Waals surface area (Å²) in [5.74, 6) is -0.913. The number of hydrogen-bond acceptors (Lipinski definition) is 4. The van der Waals surface area contributed by atoms with Crippen molar-refractivity contribution >= 4 is 5.91 Å². The molecule has 1 spiro atoms. The molecule has 3 heterocycles. The van der Waals surface area contributed by atoms with E-state index in [2.05, 4.69) is 4.98 Å². The minimum Gasteiger partial charge on any atom is -0.347 e.